The van der Waals surface area contributed by atoms with Crippen LogP contribution in [0.4, 0.5) is 0 Å². The molecule has 1 rings (SSSR count). The normalized spacial score (nSPS) is 11.2. The van der Waals surface area contributed by atoms with Crippen LogP contribution in [0.25, 0.3) is 0 Å². The number of hydrogen-bond donors (Lipinski definition) is 1. The van der Waals surface area contributed by atoms with Gasteiger partial charge in [-0.3, -0.25) is 0 Å². The zero-order valence-electron chi connectivity index (χ0n) is 11.5. The summed E-state index contributed by atoms with van der Waals surface area (Å²) in [6.45, 7) is 8.29. The van der Waals surface area contributed by atoms with Gasteiger partial charge in [0.2, 0.25) is 0 Å². The molecule has 1 aromatic rings. The number of hydrogen-bond acceptors (Lipinski definition) is 3. The molecule has 3 heteroatoms. The zero-order chi connectivity index (χ0) is 13.4. The molecule has 98 valence electrons. The molecule has 0 heterocycles. The molecule has 0 aliphatic rings. The number of rotatable bonds is 7. The fourth-order valence-electron chi connectivity index (χ4n) is 1.82. The minimum absolute atomic E-state index is 0.102. The molecule has 0 saturated carbocycles. The van der Waals surface area contributed by atoms with Gasteiger partial charge in [0.1, 0.15) is 0 Å². The molecule has 0 atom stereocenters. The second kappa shape index (κ2) is 7.45. The number of nitriles is 1. The fraction of sp³-hybridized carbons (Fsp3) is 0.533. The topological polar surface area (TPSA) is 35.8 Å². The van der Waals surface area contributed by atoms with Crippen molar-refractivity contribution in [2.45, 2.75) is 37.5 Å². The van der Waals surface area contributed by atoms with Crippen LogP contribution in [-0.4, -0.2) is 18.8 Å². The van der Waals surface area contributed by atoms with Crippen molar-refractivity contribution in [3.63, 3.8) is 0 Å². The predicted molar refractivity (Wildman–Crippen MR) is 79.0 cm³/mol. The van der Waals surface area contributed by atoms with Gasteiger partial charge in [-0.05, 0) is 23.4 Å². The van der Waals surface area contributed by atoms with E-state index in [1.54, 1.807) is 0 Å². The second-order valence-electron chi connectivity index (χ2n) is 4.93. The van der Waals surface area contributed by atoms with Gasteiger partial charge in [0.05, 0.1) is 6.07 Å². The van der Waals surface area contributed by atoms with E-state index in [0.717, 1.165) is 18.8 Å². The van der Waals surface area contributed by atoms with Crippen LogP contribution < -0.4 is 5.32 Å². The Kier molecular flexibility index (Phi) is 6.24. The first kappa shape index (κ1) is 15.1. The highest BCUT2D eigenvalue weighted by Gasteiger charge is 2.19. The first-order valence-corrected chi connectivity index (χ1v) is 7.39. The van der Waals surface area contributed by atoms with Crippen LogP contribution in [0.5, 0.6) is 0 Å². The molecular weight excluding hydrogens is 240 g/mol. The highest BCUT2D eigenvalue weighted by molar-refractivity contribution is 7.99. The molecule has 2 nitrogen and oxygen atoms in total. The van der Waals surface area contributed by atoms with Gasteiger partial charge in [-0.1, -0.05) is 32.9 Å². The molecule has 0 radical (unpaired) electrons. The summed E-state index contributed by atoms with van der Waals surface area (Å²) in [7, 11) is 0. The quantitative estimate of drug-likeness (QED) is 0.602. The number of thioether (sulfide) groups is 1. The lowest BCUT2D eigenvalue weighted by molar-refractivity contribution is 0.473. The van der Waals surface area contributed by atoms with E-state index in [-0.39, 0.29) is 5.41 Å². The van der Waals surface area contributed by atoms with Gasteiger partial charge < -0.3 is 5.32 Å². The molecule has 0 aliphatic heterocycles. The van der Waals surface area contributed by atoms with E-state index in [1.165, 1.54) is 10.5 Å². The van der Waals surface area contributed by atoms with Crippen LogP contribution in [0.1, 0.15) is 32.8 Å². The van der Waals surface area contributed by atoms with Crippen LogP contribution >= 0.6 is 11.8 Å². The Morgan fingerprint density at radius 1 is 1.28 bits per heavy atom. The Labute approximate surface area is 115 Å². The summed E-state index contributed by atoms with van der Waals surface area (Å²) in [6, 6.07) is 11.0. The Morgan fingerprint density at radius 3 is 2.50 bits per heavy atom. The summed E-state index contributed by atoms with van der Waals surface area (Å²) in [6.07, 6.45) is 0.572. The molecule has 0 saturated heterocycles. The monoisotopic (exact) mass is 262 g/mol. The van der Waals surface area contributed by atoms with E-state index in [0.29, 0.717) is 6.42 Å². The van der Waals surface area contributed by atoms with Gasteiger partial charge in [0.25, 0.3) is 0 Å². The summed E-state index contributed by atoms with van der Waals surface area (Å²) >= 11 is 1.87. The highest BCUT2D eigenvalue weighted by atomic mass is 32.2. The molecule has 0 unspecified atom stereocenters. The molecular formula is C15H22N2S. The lowest BCUT2D eigenvalue weighted by Gasteiger charge is -2.25. The van der Waals surface area contributed by atoms with Crippen molar-refractivity contribution in [2.24, 2.45) is 0 Å². The van der Waals surface area contributed by atoms with E-state index >= 15 is 0 Å². The molecule has 0 aliphatic carbocycles. The van der Waals surface area contributed by atoms with Crippen molar-refractivity contribution in [1.82, 2.24) is 5.32 Å². The molecule has 1 N–H and O–H groups in total. The zero-order valence-corrected chi connectivity index (χ0v) is 12.3. The summed E-state index contributed by atoms with van der Waals surface area (Å²) in [5.74, 6) is 1.11. The van der Waals surface area contributed by atoms with Crippen molar-refractivity contribution in [3.8, 4) is 6.07 Å². The summed E-state index contributed by atoms with van der Waals surface area (Å²) in [5.41, 5.74) is 1.44. The molecule has 0 fully saturated rings. The van der Waals surface area contributed by atoms with Crippen molar-refractivity contribution < 1.29 is 0 Å². The molecule has 0 amide bonds. The van der Waals surface area contributed by atoms with Gasteiger partial charge in [-0.25, -0.2) is 0 Å². The fourth-order valence-corrected chi connectivity index (χ4v) is 2.48. The van der Waals surface area contributed by atoms with Gasteiger partial charge in [0.15, 0.2) is 0 Å². The Balaban J connectivity index is 2.58. The maximum absolute atomic E-state index is 8.50. The minimum atomic E-state index is 0.102. The summed E-state index contributed by atoms with van der Waals surface area (Å²) in [5, 5.41) is 11.8. The first-order chi connectivity index (χ1) is 8.60. The largest absolute Gasteiger partial charge is 0.315 e. The second-order valence-corrected chi connectivity index (χ2v) is 6.26. The van der Waals surface area contributed by atoms with Crippen molar-refractivity contribution in [2.75, 3.05) is 18.8 Å². The third kappa shape index (κ3) is 4.72. The van der Waals surface area contributed by atoms with Gasteiger partial charge in [-0.2, -0.15) is 5.26 Å². The van der Waals surface area contributed by atoms with Crippen molar-refractivity contribution in [3.05, 3.63) is 29.8 Å². The highest BCUT2D eigenvalue weighted by Crippen LogP contribution is 2.25. The minimum Gasteiger partial charge on any atom is -0.315 e. The number of nitrogens with zero attached hydrogens (tertiary/aromatic N) is 1. The third-order valence-corrected chi connectivity index (χ3v) is 3.82. The molecule has 18 heavy (non-hydrogen) atoms. The van der Waals surface area contributed by atoms with E-state index in [1.807, 2.05) is 11.8 Å². The lowest BCUT2D eigenvalue weighted by atomic mass is 9.84. The van der Waals surface area contributed by atoms with E-state index in [2.05, 4.69) is 56.4 Å². The van der Waals surface area contributed by atoms with Crippen LogP contribution in [0.15, 0.2) is 29.2 Å². The van der Waals surface area contributed by atoms with E-state index in [9.17, 15) is 0 Å². The molecule has 0 bridgehead atoms. The Hall–Kier alpha value is -0.980. The summed E-state index contributed by atoms with van der Waals surface area (Å²) in [4.78, 5) is 1.33. The average Bonchev–Trinajstić information content (AvgIpc) is 2.36. The lowest BCUT2D eigenvalue weighted by Crippen LogP contribution is -2.33. The first-order valence-electron chi connectivity index (χ1n) is 6.41. The SMILES string of the molecule is CCSc1ccc(C(C)(C)CNCCC#N)cc1. The van der Waals surface area contributed by atoms with Crippen molar-refractivity contribution >= 4 is 11.8 Å². The van der Waals surface area contributed by atoms with Crippen molar-refractivity contribution in [1.29, 1.82) is 5.26 Å². The maximum Gasteiger partial charge on any atom is 0.0635 e. The molecule has 1 aromatic carbocycles. The molecule has 0 aromatic heterocycles. The van der Waals surface area contributed by atoms with Gasteiger partial charge >= 0.3 is 0 Å². The van der Waals surface area contributed by atoms with Crippen LogP contribution in [-0.2, 0) is 5.41 Å². The van der Waals surface area contributed by atoms with Crippen LogP contribution in [0.2, 0.25) is 0 Å². The Morgan fingerprint density at radius 2 is 1.94 bits per heavy atom. The average molecular weight is 262 g/mol. The van der Waals surface area contributed by atoms with Gasteiger partial charge in [-0.15, -0.1) is 11.8 Å². The number of nitrogens with one attached hydrogen (secondary N) is 1. The van der Waals surface area contributed by atoms with E-state index in [4.69, 9.17) is 5.26 Å². The molecule has 0 spiro atoms. The maximum atomic E-state index is 8.50. The standard InChI is InChI=1S/C15H22N2S/c1-4-18-14-8-6-13(7-9-14)15(2,3)12-17-11-5-10-16/h6-9,17H,4-5,11-12H2,1-3H3. The van der Waals surface area contributed by atoms with Crippen LogP contribution in [0, 0.1) is 11.3 Å². The Bertz CT molecular complexity index is 390. The van der Waals surface area contributed by atoms with Gasteiger partial charge in [0, 0.05) is 29.8 Å². The van der Waals surface area contributed by atoms with E-state index < -0.39 is 0 Å². The number of benzene rings is 1. The smallest absolute Gasteiger partial charge is 0.0635 e. The predicted octanol–water partition coefficient (Wildman–Crippen LogP) is 3.58. The third-order valence-electron chi connectivity index (χ3n) is 2.93. The summed E-state index contributed by atoms with van der Waals surface area (Å²) < 4.78 is 0. The van der Waals surface area contributed by atoms with Crippen LogP contribution in [0.3, 0.4) is 0 Å².